The van der Waals surface area contributed by atoms with Gasteiger partial charge in [0.15, 0.2) is 0 Å². The van der Waals surface area contributed by atoms with E-state index in [1.807, 2.05) is 0 Å². The Bertz CT molecular complexity index is 762. The van der Waals surface area contributed by atoms with Gasteiger partial charge in [0.2, 0.25) is 0 Å². The molecule has 0 aliphatic heterocycles. The van der Waals surface area contributed by atoms with E-state index in [0.717, 1.165) is 5.01 Å². The zero-order valence-corrected chi connectivity index (χ0v) is 13.8. The van der Waals surface area contributed by atoms with Crippen molar-refractivity contribution in [1.29, 1.82) is 0 Å². The summed E-state index contributed by atoms with van der Waals surface area (Å²) < 4.78 is 76.8. The maximum atomic E-state index is 12.8. The minimum Gasteiger partial charge on any atom is -0.347 e. The molecule has 2 aromatic rings. The van der Waals surface area contributed by atoms with Crippen LogP contribution in [0.25, 0.3) is 0 Å². The first kappa shape index (κ1) is 19.2. The molecule has 2 rings (SSSR count). The monoisotopic (exact) mass is 382 g/mol. The molecule has 1 amide bonds. The Hall–Kier alpha value is -2.10. The van der Waals surface area contributed by atoms with Crippen LogP contribution in [0.5, 0.6) is 0 Å². The number of nitrogens with zero attached hydrogens (tertiary/aromatic N) is 1. The number of aromatic nitrogens is 1. The number of nitrogens with one attached hydrogen (secondary N) is 1. The molecule has 1 heterocycles. The lowest BCUT2D eigenvalue weighted by molar-refractivity contribution is -0.143. The number of alkyl halides is 6. The van der Waals surface area contributed by atoms with Gasteiger partial charge in [-0.25, -0.2) is 4.98 Å². The molecule has 1 aromatic carbocycles. The summed E-state index contributed by atoms with van der Waals surface area (Å²) >= 11 is 1.28. The molecule has 0 aliphatic carbocycles. The summed E-state index contributed by atoms with van der Waals surface area (Å²) in [7, 11) is 0. The van der Waals surface area contributed by atoms with Gasteiger partial charge < -0.3 is 5.32 Å². The normalized spacial score (nSPS) is 12.3. The Morgan fingerprint density at radius 1 is 1.04 bits per heavy atom. The van der Waals surface area contributed by atoms with Crippen molar-refractivity contribution in [2.75, 3.05) is 0 Å². The molecule has 136 valence electrons. The van der Waals surface area contributed by atoms with Crippen LogP contribution in [0.1, 0.15) is 37.1 Å². The summed E-state index contributed by atoms with van der Waals surface area (Å²) in [5.41, 5.74) is -3.13. The molecular weight excluding hydrogens is 370 g/mol. The number of amides is 1. The molecule has 25 heavy (non-hydrogen) atoms. The molecule has 0 fully saturated rings. The number of hydrogen-bond donors (Lipinski definition) is 1. The van der Waals surface area contributed by atoms with Gasteiger partial charge in [-0.2, -0.15) is 26.3 Å². The molecule has 0 aliphatic rings. The van der Waals surface area contributed by atoms with Gasteiger partial charge in [0.05, 0.1) is 28.4 Å². The first-order valence-corrected chi connectivity index (χ1v) is 7.70. The van der Waals surface area contributed by atoms with E-state index < -0.39 is 35.0 Å². The van der Waals surface area contributed by atoms with Crippen molar-refractivity contribution < 1.29 is 31.1 Å². The second kappa shape index (κ2) is 6.66. The average Bonchev–Trinajstić information content (AvgIpc) is 2.80. The Morgan fingerprint density at radius 2 is 1.56 bits per heavy atom. The second-order valence-corrected chi connectivity index (χ2v) is 6.51. The molecule has 1 N–H and O–H groups in total. The minimum atomic E-state index is -5.00. The van der Waals surface area contributed by atoms with Gasteiger partial charge in [-0.3, -0.25) is 4.79 Å². The van der Waals surface area contributed by atoms with E-state index in [9.17, 15) is 31.1 Å². The predicted molar refractivity (Wildman–Crippen MR) is 79.2 cm³/mol. The Morgan fingerprint density at radius 3 is 1.96 bits per heavy atom. The van der Waals surface area contributed by atoms with Gasteiger partial charge in [-0.05, 0) is 32.0 Å². The lowest BCUT2D eigenvalue weighted by atomic mass is 10.0. The maximum Gasteiger partial charge on any atom is 0.416 e. The maximum absolute atomic E-state index is 12.8. The molecule has 0 saturated heterocycles. The van der Waals surface area contributed by atoms with Crippen LogP contribution >= 0.6 is 11.3 Å². The number of halogens is 6. The van der Waals surface area contributed by atoms with Crippen LogP contribution in [-0.2, 0) is 18.9 Å². The predicted octanol–water partition coefficient (Wildman–Crippen LogP) is 4.73. The van der Waals surface area contributed by atoms with Crippen LogP contribution in [0, 0.1) is 13.8 Å². The molecule has 3 nitrogen and oxygen atoms in total. The SMILES string of the molecule is Cc1nc(C)c(CNC(=O)c2cc(C(F)(F)F)cc(C(F)(F)F)c2)s1. The highest BCUT2D eigenvalue weighted by atomic mass is 32.1. The van der Waals surface area contributed by atoms with Gasteiger partial charge >= 0.3 is 12.4 Å². The van der Waals surface area contributed by atoms with E-state index >= 15 is 0 Å². The standard InChI is InChI=1S/C15H12F6N2OS/c1-7-12(25-8(2)23-7)6-22-13(24)9-3-10(14(16,17)18)5-11(4-9)15(19,20)21/h3-5H,6H2,1-2H3,(H,22,24). The van der Waals surface area contributed by atoms with Gasteiger partial charge in [-0.1, -0.05) is 0 Å². The third-order valence-corrected chi connectivity index (χ3v) is 4.33. The topological polar surface area (TPSA) is 42.0 Å². The third-order valence-electron chi connectivity index (χ3n) is 3.26. The van der Waals surface area contributed by atoms with Crippen LogP contribution in [-0.4, -0.2) is 10.9 Å². The van der Waals surface area contributed by atoms with Crippen molar-refractivity contribution in [3.63, 3.8) is 0 Å². The van der Waals surface area contributed by atoms with Gasteiger partial charge in [0.25, 0.3) is 5.91 Å². The van der Waals surface area contributed by atoms with Crippen LogP contribution < -0.4 is 5.32 Å². The van der Waals surface area contributed by atoms with Crippen molar-refractivity contribution in [1.82, 2.24) is 10.3 Å². The van der Waals surface area contributed by atoms with E-state index in [2.05, 4.69) is 10.3 Å². The molecule has 0 radical (unpaired) electrons. The molecule has 0 unspecified atom stereocenters. The van der Waals surface area contributed by atoms with E-state index in [-0.39, 0.29) is 12.6 Å². The molecule has 0 bridgehead atoms. The molecule has 1 aromatic heterocycles. The number of rotatable bonds is 3. The van der Waals surface area contributed by atoms with Crippen molar-refractivity contribution >= 4 is 17.2 Å². The minimum absolute atomic E-state index is 0.0204. The van der Waals surface area contributed by atoms with E-state index in [1.165, 1.54) is 11.3 Å². The van der Waals surface area contributed by atoms with Crippen molar-refractivity contribution in [2.45, 2.75) is 32.7 Å². The van der Waals surface area contributed by atoms with E-state index in [4.69, 9.17) is 0 Å². The summed E-state index contributed by atoms with van der Waals surface area (Å²) in [4.78, 5) is 16.8. The lowest BCUT2D eigenvalue weighted by Crippen LogP contribution is -2.24. The zero-order valence-electron chi connectivity index (χ0n) is 13.0. The Labute approximate surface area is 142 Å². The highest BCUT2D eigenvalue weighted by Gasteiger charge is 2.37. The highest BCUT2D eigenvalue weighted by Crippen LogP contribution is 2.36. The van der Waals surface area contributed by atoms with Crippen LogP contribution in [0.3, 0.4) is 0 Å². The van der Waals surface area contributed by atoms with Gasteiger partial charge in [0.1, 0.15) is 0 Å². The zero-order chi connectivity index (χ0) is 19.0. The smallest absolute Gasteiger partial charge is 0.347 e. The molecule has 0 spiro atoms. The third kappa shape index (κ3) is 4.71. The first-order valence-electron chi connectivity index (χ1n) is 6.88. The number of thiazole rings is 1. The summed E-state index contributed by atoms with van der Waals surface area (Å²) in [6.45, 7) is 3.40. The lowest BCUT2D eigenvalue weighted by Gasteiger charge is -2.14. The molecule has 0 saturated carbocycles. The largest absolute Gasteiger partial charge is 0.416 e. The fourth-order valence-electron chi connectivity index (χ4n) is 2.09. The fraction of sp³-hybridized carbons (Fsp3) is 0.333. The van der Waals surface area contributed by atoms with E-state index in [0.29, 0.717) is 22.7 Å². The Balaban J connectivity index is 2.30. The first-order chi connectivity index (χ1) is 11.4. The average molecular weight is 382 g/mol. The molecular formula is C15H12F6N2OS. The summed E-state index contributed by atoms with van der Waals surface area (Å²) in [6, 6.07) is 0.776. The van der Waals surface area contributed by atoms with Gasteiger partial charge in [0, 0.05) is 10.4 Å². The van der Waals surface area contributed by atoms with Crippen LogP contribution in [0.4, 0.5) is 26.3 Å². The summed E-state index contributed by atoms with van der Waals surface area (Å²) in [6.07, 6.45) is -10.00. The van der Waals surface area contributed by atoms with Crippen molar-refractivity contribution in [3.8, 4) is 0 Å². The number of carbonyl (C=O) groups excluding carboxylic acids is 1. The molecule has 0 atom stereocenters. The van der Waals surface area contributed by atoms with Crippen LogP contribution in [0.15, 0.2) is 18.2 Å². The summed E-state index contributed by atoms with van der Waals surface area (Å²) in [5.74, 6) is -1.03. The molecule has 10 heteroatoms. The number of hydrogen-bond acceptors (Lipinski definition) is 3. The van der Waals surface area contributed by atoms with Crippen LogP contribution in [0.2, 0.25) is 0 Å². The quantitative estimate of drug-likeness (QED) is 0.780. The number of carbonyl (C=O) groups is 1. The second-order valence-electron chi connectivity index (χ2n) is 5.22. The van der Waals surface area contributed by atoms with Crippen molar-refractivity contribution in [2.24, 2.45) is 0 Å². The van der Waals surface area contributed by atoms with Crippen molar-refractivity contribution in [3.05, 3.63) is 50.5 Å². The Kier molecular flexibility index (Phi) is 5.12. The number of aryl methyl sites for hydroxylation is 2. The van der Waals surface area contributed by atoms with E-state index in [1.54, 1.807) is 13.8 Å². The fourth-order valence-corrected chi connectivity index (χ4v) is 2.96. The number of benzene rings is 1. The highest BCUT2D eigenvalue weighted by molar-refractivity contribution is 7.11. The summed E-state index contributed by atoms with van der Waals surface area (Å²) in [5, 5.41) is 3.06. The van der Waals surface area contributed by atoms with Gasteiger partial charge in [-0.15, -0.1) is 11.3 Å².